The number of Topliss-reactive ketones (excluding diaryl/α,β-unsaturated/α-hetero) is 1. The van der Waals surface area contributed by atoms with E-state index >= 15 is 0 Å². The Morgan fingerprint density at radius 2 is 1.24 bits per heavy atom. The molecule has 0 spiro atoms. The van der Waals surface area contributed by atoms with Crippen LogP contribution in [0, 0.1) is 0 Å². The molecule has 4 heterocycles. The van der Waals surface area contributed by atoms with Crippen LogP contribution in [0.4, 0.5) is 0 Å². The van der Waals surface area contributed by atoms with Crippen LogP contribution in [0.5, 0.6) is 17.2 Å². The van der Waals surface area contributed by atoms with E-state index in [0.29, 0.717) is 25.7 Å². The minimum absolute atomic E-state index is 0. The summed E-state index contributed by atoms with van der Waals surface area (Å²) in [5, 5.41) is 5.15. The summed E-state index contributed by atoms with van der Waals surface area (Å²) >= 11 is 0. The van der Waals surface area contributed by atoms with Crippen molar-refractivity contribution < 1.29 is 67.2 Å². The quantitative estimate of drug-likeness (QED) is 0.126. The van der Waals surface area contributed by atoms with E-state index in [0.717, 1.165) is 90.2 Å². The van der Waals surface area contributed by atoms with Gasteiger partial charge in [0.15, 0.2) is 5.78 Å². The van der Waals surface area contributed by atoms with Gasteiger partial charge in [-0.3, -0.25) is 14.4 Å². The molecule has 4 aliphatic rings. The van der Waals surface area contributed by atoms with E-state index in [9.17, 15) is 9.36 Å². The molecule has 10 nitrogen and oxygen atoms in total. The molecule has 0 bridgehead atoms. The predicted molar refractivity (Wildman–Crippen MR) is 232 cm³/mol. The molecular weight excluding hydrogens is 773 g/mol. The number of rotatable bonds is 9. The first-order chi connectivity index (χ1) is 28.5. The number of para-hydroxylation sites is 3. The molecule has 1 saturated heterocycles. The average Bonchev–Trinajstić information content (AvgIpc) is 3.81. The third-order valence-electron chi connectivity index (χ3n) is 10.2. The van der Waals surface area contributed by atoms with E-state index in [2.05, 4.69) is 5.09 Å². The fourth-order valence-corrected chi connectivity index (χ4v) is 9.57. The molecule has 5 aromatic carbocycles. The second-order valence-corrected chi connectivity index (χ2v) is 16.8. The molecule has 4 aliphatic heterocycles. The summed E-state index contributed by atoms with van der Waals surface area (Å²) in [6, 6.07) is 42.8. The van der Waals surface area contributed by atoms with Gasteiger partial charge in [0.05, 0.1) is 31.5 Å². The van der Waals surface area contributed by atoms with Crippen molar-refractivity contribution in [1.29, 1.82) is 0 Å². The zero-order chi connectivity index (χ0) is 40.4. The number of fused-ring (bicyclic) bond motifs is 3. The maximum absolute atomic E-state index is 14.1. The van der Waals surface area contributed by atoms with Crippen molar-refractivity contribution in [1.82, 2.24) is 5.09 Å². The molecular formula is C46H55BN2NaO8P. The van der Waals surface area contributed by atoms with Gasteiger partial charge in [0.2, 0.25) is 15.0 Å². The second kappa shape index (κ2) is 24.5. The van der Waals surface area contributed by atoms with Crippen LogP contribution in [-0.2, 0) is 18.6 Å². The molecule has 3 N–H and O–H groups in total. The SMILES string of the molecule is CCO[BH2-]OCC1CCCO1.N[C@@H]1CCOc2ccccc21.O=C1CCOc2ccccc21.O=P(N[C@@H]1CCOc2ccccc21)(c1ccccc1)c1ccccc1.[Na+]. The molecule has 0 aliphatic carbocycles. The Hall–Kier alpha value is -3.74. The number of benzene rings is 5. The first kappa shape index (κ1) is 46.3. The van der Waals surface area contributed by atoms with Crippen LogP contribution >= 0.6 is 7.29 Å². The Labute approximate surface area is 371 Å². The number of carbonyl (C=O) groups excluding carboxylic acids is 1. The minimum Gasteiger partial charge on any atom is -0.573 e. The number of hydrogen-bond donors (Lipinski definition) is 2. The minimum atomic E-state index is -2.95. The number of hydrogen-bond acceptors (Lipinski definition) is 9. The van der Waals surface area contributed by atoms with Gasteiger partial charge in [-0.25, -0.2) is 0 Å². The molecule has 9 rings (SSSR count). The van der Waals surface area contributed by atoms with Crippen molar-refractivity contribution in [3.05, 3.63) is 150 Å². The van der Waals surface area contributed by atoms with Gasteiger partial charge in [-0.1, -0.05) is 84.9 Å². The molecule has 1 fully saturated rings. The fraction of sp³-hybridized carbons (Fsp3) is 0.326. The van der Waals surface area contributed by atoms with Gasteiger partial charge >= 0.3 is 29.6 Å². The van der Waals surface area contributed by atoms with E-state index in [1.165, 1.54) is 6.42 Å². The number of ketones is 1. The van der Waals surface area contributed by atoms with Gasteiger partial charge in [-0.05, 0) is 74.9 Å². The molecule has 306 valence electrons. The molecule has 0 radical (unpaired) electrons. The standard InChI is InChI=1S/C21H20NO2P.C9H11NO.C9H8O2.C7H16BO3.Na/c23-25(17-9-3-1-4-10-17,18-11-5-2-6-12-18)22-20-15-16-24-21-14-8-7-13-19(20)21;2*10-8-5-6-11-9-4-2-1-3-7(8)9;1-2-10-8-11-6-7-4-3-5-9-7;/h1-14,20H,15-16H2,(H,22,23);1-4,8H,5-6,10H2;1-4H,5-6H2;7H,2-6,8H2,1H3;/q;;;-1;+1/t20-;8-;;;/m11.../s1. The average molecular weight is 829 g/mol. The van der Waals surface area contributed by atoms with E-state index < -0.39 is 15.0 Å². The topological polar surface area (TPSA) is 128 Å². The number of carbonyl (C=O) groups is 1. The van der Waals surface area contributed by atoms with Crippen molar-refractivity contribution in [2.24, 2.45) is 5.73 Å². The van der Waals surface area contributed by atoms with Crippen LogP contribution in [0.25, 0.3) is 0 Å². The maximum atomic E-state index is 14.1. The van der Waals surface area contributed by atoms with Gasteiger partial charge in [0.25, 0.3) is 0 Å². The summed E-state index contributed by atoms with van der Waals surface area (Å²) in [7, 11) is -3.55. The monoisotopic (exact) mass is 828 g/mol. The first-order valence-electron chi connectivity index (χ1n) is 20.4. The Morgan fingerprint density at radius 3 is 1.85 bits per heavy atom. The van der Waals surface area contributed by atoms with Gasteiger partial charge in [0.1, 0.15) is 17.2 Å². The van der Waals surface area contributed by atoms with Crippen molar-refractivity contribution in [2.75, 3.05) is 39.6 Å². The number of nitrogens with one attached hydrogen (secondary N) is 1. The third-order valence-corrected chi connectivity index (χ3v) is 12.9. The largest absolute Gasteiger partial charge is 1.00 e. The van der Waals surface area contributed by atoms with E-state index in [-0.39, 0.29) is 47.4 Å². The number of nitrogens with two attached hydrogens (primary N) is 1. The molecule has 5 aromatic rings. The van der Waals surface area contributed by atoms with Crippen LogP contribution in [0.2, 0.25) is 0 Å². The van der Waals surface area contributed by atoms with Crippen molar-refractivity contribution in [3.8, 4) is 17.2 Å². The first-order valence-corrected chi connectivity index (χ1v) is 22.1. The summed E-state index contributed by atoms with van der Waals surface area (Å²) in [4.78, 5) is 11.2. The zero-order valence-corrected chi connectivity index (χ0v) is 37.4. The van der Waals surface area contributed by atoms with E-state index in [1.54, 1.807) is 6.07 Å². The summed E-state index contributed by atoms with van der Waals surface area (Å²) in [6.07, 6.45) is 4.91. The summed E-state index contributed by atoms with van der Waals surface area (Å²) in [5.74, 6) is 2.74. The van der Waals surface area contributed by atoms with Gasteiger partial charge in [0, 0.05) is 66.3 Å². The van der Waals surface area contributed by atoms with E-state index in [1.807, 2.05) is 134 Å². The van der Waals surface area contributed by atoms with Crippen molar-refractivity contribution >= 4 is 31.4 Å². The van der Waals surface area contributed by atoms with Gasteiger partial charge in [-0.2, -0.15) is 0 Å². The van der Waals surface area contributed by atoms with Gasteiger partial charge in [-0.15, -0.1) is 0 Å². The van der Waals surface area contributed by atoms with Crippen molar-refractivity contribution in [2.45, 2.75) is 57.2 Å². The second-order valence-electron chi connectivity index (χ2n) is 14.3. The fourth-order valence-electron chi connectivity index (χ4n) is 7.08. The Kier molecular flexibility index (Phi) is 19.2. The Balaban J connectivity index is 0.000000163. The summed E-state index contributed by atoms with van der Waals surface area (Å²) < 4.78 is 46.4. The summed E-state index contributed by atoms with van der Waals surface area (Å²) in [5.41, 5.74) is 8.80. The summed E-state index contributed by atoms with van der Waals surface area (Å²) in [6.45, 7) is 6.29. The van der Waals surface area contributed by atoms with Crippen LogP contribution in [0.3, 0.4) is 0 Å². The molecule has 1 unspecified atom stereocenters. The van der Waals surface area contributed by atoms with Crippen LogP contribution in [0.15, 0.2) is 133 Å². The Morgan fingerprint density at radius 1 is 0.678 bits per heavy atom. The molecule has 3 atom stereocenters. The van der Waals surface area contributed by atoms with Gasteiger partial charge < -0.3 is 34.0 Å². The molecule has 0 amide bonds. The van der Waals surface area contributed by atoms with Crippen LogP contribution in [-0.4, -0.2) is 59.2 Å². The molecule has 13 heteroatoms. The molecule has 59 heavy (non-hydrogen) atoms. The van der Waals surface area contributed by atoms with Crippen LogP contribution < -0.4 is 65.2 Å². The van der Waals surface area contributed by atoms with Crippen LogP contribution in [0.1, 0.15) is 72.6 Å². The normalized spacial score (nSPS) is 18.6. The smallest absolute Gasteiger partial charge is 0.573 e. The maximum Gasteiger partial charge on any atom is 1.00 e. The van der Waals surface area contributed by atoms with E-state index in [4.69, 9.17) is 34.0 Å². The molecule has 0 aromatic heterocycles. The predicted octanol–water partition coefficient (Wildman–Crippen LogP) is 4.37. The zero-order valence-electron chi connectivity index (χ0n) is 34.5. The number of ether oxygens (including phenoxy) is 4. The Bertz CT molecular complexity index is 2010. The van der Waals surface area contributed by atoms with Crippen molar-refractivity contribution in [3.63, 3.8) is 0 Å². The molecule has 0 saturated carbocycles. The third kappa shape index (κ3) is 13.4.